The molecule has 1 aromatic carbocycles. The maximum absolute atomic E-state index is 13.4. The molecule has 3 N–H and O–H groups in total. The zero-order chi connectivity index (χ0) is 25.6. The van der Waals surface area contributed by atoms with E-state index < -0.39 is 48.5 Å². The molecule has 4 rings (SSSR count). The summed E-state index contributed by atoms with van der Waals surface area (Å²) in [5, 5.41) is 29.9. The van der Waals surface area contributed by atoms with Gasteiger partial charge < -0.3 is 48.5 Å². The Morgan fingerprint density at radius 2 is 1.66 bits per heavy atom. The van der Waals surface area contributed by atoms with Gasteiger partial charge in [-0.2, -0.15) is 0 Å². The predicted octanol–water partition coefficient (Wildman–Crippen LogP) is 0.887. The van der Waals surface area contributed by atoms with Crippen LogP contribution < -0.4 is 14.2 Å². The van der Waals surface area contributed by atoms with Crippen molar-refractivity contribution in [2.24, 2.45) is 0 Å². The minimum absolute atomic E-state index is 0.0122. The lowest BCUT2D eigenvalue weighted by molar-refractivity contribution is -0.212. The molecule has 3 aliphatic rings. The molecule has 0 saturated carbocycles. The van der Waals surface area contributed by atoms with Gasteiger partial charge in [-0.05, 0) is 31.9 Å². The van der Waals surface area contributed by atoms with Gasteiger partial charge in [0.1, 0.15) is 18.3 Å². The average Bonchev–Trinajstić information content (AvgIpc) is 3.58. The predicted molar refractivity (Wildman–Crippen MR) is 123 cm³/mol. The van der Waals surface area contributed by atoms with E-state index in [1.54, 1.807) is 20.8 Å². The van der Waals surface area contributed by atoms with E-state index in [4.69, 9.17) is 33.2 Å². The number of carbonyl (C=O) groups excluding carboxylic acids is 1. The van der Waals surface area contributed by atoms with Crippen molar-refractivity contribution < 1.29 is 53.3 Å². The molecule has 0 amide bonds. The smallest absolute Gasteiger partial charge is 0.231 e. The summed E-state index contributed by atoms with van der Waals surface area (Å²) in [5.74, 6) is 0.558. The lowest BCUT2D eigenvalue weighted by Gasteiger charge is -2.35. The van der Waals surface area contributed by atoms with Crippen LogP contribution in [0, 0.1) is 13.8 Å². The van der Waals surface area contributed by atoms with Gasteiger partial charge in [-0.1, -0.05) is 11.8 Å². The van der Waals surface area contributed by atoms with Crippen molar-refractivity contribution in [2.45, 2.75) is 81.8 Å². The molecule has 0 radical (unpaired) electrons. The number of methoxy groups -OCH3 is 3. The van der Waals surface area contributed by atoms with E-state index >= 15 is 0 Å². The molecule has 196 valence electrons. The summed E-state index contributed by atoms with van der Waals surface area (Å²) >= 11 is 0.915. The molecule has 3 aliphatic heterocycles. The van der Waals surface area contributed by atoms with E-state index in [1.165, 1.54) is 21.3 Å². The van der Waals surface area contributed by atoms with E-state index in [0.29, 0.717) is 11.1 Å². The van der Waals surface area contributed by atoms with Gasteiger partial charge >= 0.3 is 0 Å². The van der Waals surface area contributed by atoms with Crippen LogP contribution in [0.5, 0.6) is 17.2 Å². The van der Waals surface area contributed by atoms with Crippen LogP contribution in [0.1, 0.15) is 34.8 Å². The summed E-state index contributed by atoms with van der Waals surface area (Å²) in [6, 6.07) is 0. The number of thioether (sulfide) groups is 1. The maximum atomic E-state index is 13.4. The summed E-state index contributed by atoms with van der Waals surface area (Å²) in [6.45, 7) is 5.19. The number of benzene rings is 1. The molecule has 9 atom stereocenters. The Morgan fingerprint density at radius 3 is 2.26 bits per heavy atom. The number of aliphatic hydroxyl groups is 3. The zero-order valence-corrected chi connectivity index (χ0v) is 21.2. The Labute approximate surface area is 207 Å². The molecule has 1 aromatic rings. The Morgan fingerprint density at radius 1 is 0.971 bits per heavy atom. The van der Waals surface area contributed by atoms with Crippen molar-refractivity contribution >= 4 is 16.9 Å². The Hall–Kier alpha value is -1.64. The van der Waals surface area contributed by atoms with Crippen LogP contribution in [0.3, 0.4) is 0 Å². The van der Waals surface area contributed by atoms with Gasteiger partial charge in [0.15, 0.2) is 24.1 Å². The van der Waals surface area contributed by atoms with Gasteiger partial charge in [-0.25, -0.2) is 0 Å². The number of hydrogen-bond acceptors (Lipinski definition) is 12. The fraction of sp³-hybridized carbons (Fsp3) is 0.696. The van der Waals surface area contributed by atoms with E-state index in [1.807, 2.05) is 0 Å². The first kappa shape index (κ1) is 26.4. The highest BCUT2D eigenvalue weighted by Gasteiger charge is 2.58. The average molecular weight is 517 g/mol. The van der Waals surface area contributed by atoms with Gasteiger partial charge in [0.2, 0.25) is 17.2 Å². The maximum Gasteiger partial charge on any atom is 0.231 e. The van der Waals surface area contributed by atoms with Gasteiger partial charge in [0, 0.05) is 13.5 Å². The second-order valence-electron chi connectivity index (χ2n) is 8.77. The van der Waals surface area contributed by atoms with Crippen LogP contribution in [-0.2, 0) is 18.9 Å². The molecule has 0 spiro atoms. The number of rotatable bonds is 7. The van der Waals surface area contributed by atoms with E-state index in [0.717, 1.165) is 11.8 Å². The lowest BCUT2D eigenvalue weighted by Crippen LogP contribution is -2.51. The Bertz CT molecular complexity index is 944. The molecule has 3 heterocycles. The van der Waals surface area contributed by atoms with Crippen LogP contribution >= 0.6 is 11.8 Å². The molecule has 11 nitrogen and oxygen atoms in total. The normalized spacial score (nSPS) is 36.3. The van der Waals surface area contributed by atoms with Crippen LogP contribution in [0.2, 0.25) is 0 Å². The van der Waals surface area contributed by atoms with E-state index in [9.17, 15) is 20.1 Å². The topological polar surface area (TPSA) is 146 Å². The minimum atomic E-state index is -1.12. The Balaban J connectivity index is 1.65. The van der Waals surface area contributed by atoms with E-state index in [-0.39, 0.29) is 40.5 Å². The molecular formula is C23H32O11S. The molecule has 12 heteroatoms. The van der Waals surface area contributed by atoms with Crippen LogP contribution in [0.4, 0.5) is 0 Å². The van der Waals surface area contributed by atoms with Crippen molar-refractivity contribution in [3.63, 3.8) is 0 Å². The minimum Gasteiger partial charge on any atom is -0.492 e. The van der Waals surface area contributed by atoms with Gasteiger partial charge in [-0.3, -0.25) is 4.79 Å². The first-order valence-corrected chi connectivity index (χ1v) is 12.2. The third-order valence-electron chi connectivity index (χ3n) is 6.63. The number of fused-ring (bicyclic) bond motifs is 1. The number of hydrogen-bond donors (Lipinski definition) is 3. The van der Waals surface area contributed by atoms with Crippen molar-refractivity contribution in [1.82, 2.24) is 0 Å². The van der Waals surface area contributed by atoms with Gasteiger partial charge in [0.25, 0.3) is 0 Å². The van der Waals surface area contributed by atoms with Crippen LogP contribution in [-0.4, -0.2) is 96.4 Å². The first-order chi connectivity index (χ1) is 16.6. The Kier molecular flexibility index (Phi) is 7.84. The lowest BCUT2D eigenvalue weighted by atomic mass is 10.0. The highest BCUT2D eigenvalue weighted by atomic mass is 32.2. The second-order valence-corrected chi connectivity index (χ2v) is 9.92. The molecule has 0 aromatic heterocycles. The molecular weight excluding hydrogens is 484 g/mol. The van der Waals surface area contributed by atoms with Crippen LogP contribution in [0.25, 0.3) is 0 Å². The number of carbonyl (C=O) groups is 1. The molecule has 0 bridgehead atoms. The monoisotopic (exact) mass is 516 g/mol. The first-order valence-electron chi connectivity index (χ1n) is 11.3. The third-order valence-corrected chi connectivity index (χ3v) is 8.01. The number of aliphatic hydroxyl groups excluding tert-OH is 3. The van der Waals surface area contributed by atoms with Crippen molar-refractivity contribution in [2.75, 3.05) is 21.3 Å². The van der Waals surface area contributed by atoms with E-state index in [2.05, 4.69) is 0 Å². The molecule has 9 unspecified atom stereocenters. The molecule has 3 saturated heterocycles. The molecule has 0 aliphatic carbocycles. The summed E-state index contributed by atoms with van der Waals surface area (Å²) in [6.07, 6.45) is -6.27. The summed E-state index contributed by atoms with van der Waals surface area (Å²) < 4.78 is 39.0. The van der Waals surface area contributed by atoms with Crippen molar-refractivity contribution in [1.29, 1.82) is 0 Å². The number of ether oxygens (including phenoxy) is 7. The van der Waals surface area contributed by atoms with Crippen LogP contribution in [0.15, 0.2) is 0 Å². The highest BCUT2D eigenvalue weighted by Crippen LogP contribution is 2.48. The third kappa shape index (κ3) is 4.86. The van der Waals surface area contributed by atoms with Gasteiger partial charge in [0.05, 0.1) is 37.2 Å². The summed E-state index contributed by atoms with van der Waals surface area (Å²) in [4.78, 5) is 13.4. The zero-order valence-electron chi connectivity index (χ0n) is 20.4. The van der Waals surface area contributed by atoms with Gasteiger partial charge in [-0.15, -0.1) is 0 Å². The van der Waals surface area contributed by atoms with Crippen molar-refractivity contribution in [3.8, 4) is 17.2 Å². The largest absolute Gasteiger partial charge is 0.492 e. The highest BCUT2D eigenvalue weighted by molar-refractivity contribution is 8.14. The summed E-state index contributed by atoms with van der Waals surface area (Å²) in [5.41, 5.74) is 1.41. The molecule has 35 heavy (non-hydrogen) atoms. The second kappa shape index (κ2) is 10.4. The summed E-state index contributed by atoms with van der Waals surface area (Å²) in [7, 11) is 4.30. The fourth-order valence-corrected chi connectivity index (χ4v) is 5.71. The molecule has 3 fully saturated rings. The fourth-order valence-electron chi connectivity index (χ4n) is 4.57. The standard InChI is InChI=1S/C23H32O11S/c1-8-9(2)15(32-22-14(26)17(29-5)19-23(33-19)34-22)18(30-6)16(28-4)13(8)21(27)35-20-10(3)31-12(25)7-11(20)24/h10-12,14,17,19-20,22-26H,7H2,1-6H3. The quantitative estimate of drug-likeness (QED) is 0.442. The SMILES string of the molecule is COc1c(OC2OC3OC3C(OC)C2O)c(C)c(C)c(C(=O)SC2C(O)CC(O)OC2C)c1OC. The van der Waals surface area contributed by atoms with Crippen molar-refractivity contribution in [3.05, 3.63) is 16.7 Å². The number of epoxide rings is 1.